The Kier molecular flexibility index (Phi) is 5.13. The van der Waals surface area contributed by atoms with Crippen molar-refractivity contribution in [2.24, 2.45) is 5.73 Å². The highest BCUT2D eigenvalue weighted by molar-refractivity contribution is 9.10. The maximum Gasteiger partial charge on any atom is 0.0467 e. The van der Waals surface area contributed by atoms with Crippen molar-refractivity contribution in [3.05, 3.63) is 63.6 Å². The van der Waals surface area contributed by atoms with Crippen molar-refractivity contribution in [1.82, 2.24) is 0 Å². The van der Waals surface area contributed by atoms with E-state index in [0.717, 1.165) is 9.50 Å². The van der Waals surface area contributed by atoms with Gasteiger partial charge in [-0.15, -0.1) is 11.8 Å². The van der Waals surface area contributed by atoms with Crippen LogP contribution >= 0.6 is 39.3 Å². The van der Waals surface area contributed by atoms with Crippen molar-refractivity contribution in [3.63, 3.8) is 0 Å². The summed E-state index contributed by atoms with van der Waals surface area (Å²) in [6.45, 7) is 0.591. The van der Waals surface area contributed by atoms with Crippen LogP contribution in [0.5, 0.6) is 0 Å². The van der Waals surface area contributed by atoms with Crippen molar-refractivity contribution in [2.75, 3.05) is 6.54 Å². The number of hydrogen-bond donors (Lipinski definition) is 1. The van der Waals surface area contributed by atoms with E-state index in [2.05, 4.69) is 22.0 Å². The van der Waals surface area contributed by atoms with Crippen LogP contribution in [0.3, 0.4) is 0 Å². The van der Waals surface area contributed by atoms with E-state index in [1.54, 1.807) is 11.8 Å². The Morgan fingerprint density at radius 2 is 1.78 bits per heavy atom. The van der Waals surface area contributed by atoms with E-state index in [-0.39, 0.29) is 5.25 Å². The van der Waals surface area contributed by atoms with Crippen LogP contribution in [-0.2, 0) is 0 Å². The van der Waals surface area contributed by atoms with E-state index in [1.807, 2.05) is 42.5 Å². The lowest BCUT2D eigenvalue weighted by Gasteiger charge is -2.15. The molecule has 0 amide bonds. The van der Waals surface area contributed by atoms with Crippen LogP contribution in [-0.4, -0.2) is 6.54 Å². The summed E-state index contributed by atoms with van der Waals surface area (Å²) in [6.07, 6.45) is 0. The molecule has 0 aromatic heterocycles. The molecule has 0 fully saturated rings. The zero-order chi connectivity index (χ0) is 13.0. The maximum atomic E-state index is 5.90. The molecule has 0 radical (unpaired) electrons. The van der Waals surface area contributed by atoms with Crippen LogP contribution in [0.15, 0.2) is 57.9 Å². The topological polar surface area (TPSA) is 26.0 Å². The molecule has 2 N–H and O–H groups in total. The molecular formula is C14H13BrClNS. The highest BCUT2D eigenvalue weighted by Gasteiger charge is 2.12. The second kappa shape index (κ2) is 6.62. The second-order valence-electron chi connectivity index (χ2n) is 3.82. The van der Waals surface area contributed by atoms with Gasteiger partial charge in [0, 0.05) is 26.2 Å². The number of nitrogens with two attached hydrogens (primary N) is 1. The van der Waals surface area contributed by atoms with E-state index >= 15 is 0 Å². The number of hydrogen-bond acceptors (Lipinski definition) is 2. The number of thioether (sulfide) groups is 1. The third kappa shape index (κ3) is 3.51. The summed E-state index contributed by atoms with van der Waals surface area (Å²) in [6, 6.07) is 16.0. The molecule has 1 nitrogen and oxygen atoms in total. The Balaban J connectivity index is 2.20. The van der Waals surface area contributed by atoms with Gasteiger partial charge in [0.05, 0.1) is 0 Å². The minimum atomic E-state index is 0.237. The van der Waals surface area contributed by atoms with Gasteiger partial charge in [-0.2, -0.15) is 0 Å². The van der Waals surface area contributed by atoms with Gasteiger partial charge in [0.1, 0.15) is 0 Å². The zero-order valence-electron chi connectivity index (χ0n) is 9.64. The predicted octanol–water partition coefficient (Wildman–Crippen LogP) is 4.89. The predicted molar refractivity (Wildman–Crippen MR) is 83.2 cm³/mol. The van der Waals surface area contributed by atoms with Crippen molar-refractivity contribution >= 4 is 39.3 Å². The summed E-state index contributed by atoms with van der Waals surface area (Å²) < 4.78 is 1.10. The summed E-state index contributed by atoms with van der Waals surface area (Å²) in [5.41, 5.74) is 7.07. The van der Waals surface area contributed by atoms with Gasteiger partial charge in [-0.25, -0.2) is 0 Å². The fourth-order valence-electron chi connectivity index (χ4n) is 1.62. The summed E-state index contributed by atoms with van der Waals surface area (Å²) in [7, 11) is 0. The molecule has 0 bridgehead atoms. The Bertz CT molecular complexity index is 515. The van der Waals surface area contributed by atoms with E-state index in [0.29, 0.717) is 6.54 Å². The van der Waals surface area contributed by atoms with Crippen LogP contribution in [0.25, 0.3) is 0 Å². The van der Waals surface area contributed by atoms with E-state index in [1.165, 1.54) is 10.5 Å². The third-order valence-corrected chi connectivity index (χ3v) is 5.13. The zero-order valence-corrected chi connectivity index (χ0v) is 12.8. The molecule has 1 unspecified atom stereocenters. The number of halogens is 2. The quantitative estimate of drug-likeness (QED) is 0.800. The molecule has 0 saturated heterocycles. The van der Waals surface area contributed by atoms with Crippen LogP contribution < -0.4 is 5.73 Å². The van der Waals surface area contributed by atoms with Crippen LogP contribution in [0, 0.1) is 0 Å². The molecule has 94 valence electrons. The minimum Gasteiger partial charge on any atom is -0.329 e. The molecule has 18 heavy (non-hydrogen) atoms. The Hall–Kier alpha value is -0.480. The molecular weight excluding hydrogens is 330 g/mol. The summed E-state index contributed by atoms with van der Waals surface area (Å²) in [4.78, 5) is 1.20. The highest BCUT2D eigenvalue weighted by Crippen LogP contribution is 2.38. The maximum absolute atomic E-state index is 5.90. The molecule has 0 aliphatic carbocycles. The molecule has 0 spiro atoms. The van der Waals surface area contributed by atoms with Gasteiger partial charge in [0.15, 0.2) is 0 Å². The molecule has 2 aromatic carbocycles. The van der Waals surface area contributed by atoms with Crippen molar-refractivity contribution in [3.8, 4) is 0 Å². The Morgan fingerprint density at radius 3 is 2.39 bits per heavy atom. The van der Waals surface area contributed by atoms with Crippen LogP contribution in [0.4, 0.5) is 0 Å². The normalized spacial score (nSPS) is 12.4. The van der Waals surface area contributed by atoms with E-state index in [9.17, 15) is 0 Å². The molecule has 0 aliphatic heterocycles. The first-order valence-electron chi connectivity index (χ1n) is 5.57. The smallest absolute Gasteiger partial charge is 0.0467 e. The average molecular weight is 343 g/mol. The fourth-order valence-corrected chi connectivity index (χ4v) is 3.35. The molecule has 0 aliphatic rings. The summed E-state index contributed by atoms with van der Waals surface area (Å²) >= 11 is 11.2. The first-order chi connectivity index (χ1) is 8.70. The van der Waals surface area contributed by atoms with Gasteiger partial charge in [0.2, 0.25) is 0 Å². The molecule has 2 aromatic rings. The first-order valence-corrected chi connectivity index (χ1v) is 7.62. The largest absolute Gasteiger partial charge is 0.329 e. The van der Waals surface area contributed by atoms with E-state index in [4.69, 9.17) is 17.3 Å². The molecule has 0 heterocycles. The van der Waals surface area contributed by atoms with Crippen LogP contribution in [0.2, 0.25) is 5.02 Å². The van der Waals surface area contributed by atoms with E-state index < -0.39 is 0 Å². The lowest BCUT2D eigenvalue weighted by Crippen LogP contribution is -2.09. The third-order valence-electron chi connectivity index (χ3n) is 2.56. The standard InChI is InChI=1S/C14H13BrClNS/c15-12-3-1-2-4-13(12)18-14(9-17)10-5-7-11(16)8-6-10/h1-8,14H,9,17H2. The van der Waals surface area contributed by atoms with Crippen LogP contribution in [0.1, 0.15) is 10.8 Å². The number of benzene rings is 2. The summed E-state index contributed by atoms with van der Waals surface area (Å²) in [5.74, 6) is 0. The number of rotatable bonds is 4. The SMILES string of the molecule is NCC(Sc1ccccc1Br)c1ccc(Cl)cc1. The molecule has 2 rings (SSSR count). The molecule has 0 saturated carbocycles. The van der Waals surface area contributed by atoms with Crippen molar-refractivity contribution < 1.29 is 0 Å². The monoisotopic (exact) mass is 341 g/mol. The van der Waals surface area contributed by atoms with Gasteiger partial charge in [-0.1, -0.05) is 35.9 Å². The Morgan fingerprint density at radius 1 is 1.11 bits per heavy atom. The summed E-state index contributed by atoms with van der Waals surface area (Å²) in [5, 5.41) is 0.987. The molecule has 1 atom stereocenters. The molecule has 4 heteroatoms. The van der Waals surface area contributed by atoms with Gasteiger partial charge in [-0.05, 0) is 45.8 Å². The van der Waals surface area contributed by atoms with Gasteiger partial charge < -0.3 is 5.73 Å². The van der Waals surface area contributed by atoms with Gasteiger partial charge in [-0.3, -0.25) is 0 Å². The highest BCUT2D eigenvalue weighted by atomic mass is 79.9. The average Bonchev–Trinajstić information content (AvgIpc) is 2.39. The van der Waals surface area contributed by atoms with Crippen molar-refractivity contribution in [2.45, 2.75) is 10.1 Å². The van der Waals surface area contributed by atoms with Gasteiger partial charge >= 0.3 is 0 Å². The lowest BCUT2D eigenvalue weighted by molar-refractivity contribution is 0.940. The van der Waals surface area contributed by atoms with Gasteiger partial charge in [0.25, 0.3) is 0 Å². The lowest BCUT2D eigenvalue weighted by atomic mass is 10.1. The Labute approximate surface area is 125 Å². The minimum absolute atomic E-state index is 0.237. The first kappa shape index (κ1) is 13.9. The van der Waals surface area contributed by atoms with Crippen molar-refractivity contribution in [1.29, 1.82) is 0 Å². The second-order valence-corrected chi connectivity index (χ2v) is 6.36. The fraction of sp³-hybridized carbons (Fsp3) is 0.143.